The summed E-state index contributed by atoms with van der Waals surface area (Å²) in [5, 5.41) is 2.56. The zero-order valence-electron chi connectivity index (χ0n) is 14.9. The van der Waals surface area contributed by atoms with Gasteiger partial charge in [-0.05, 0) is 24.3 Å². The van der Waals surface area contributed by atoms with Crippen molar-refractivity contribution in [2.24, 2.45) is 0 Å². The van der Waals surface area contributed by atoms with Gasteiger partial charge in [-0.25, -0.2) is 17.2 Å². The predicted molar refractivity (Wildman–Crippen MR) is 97.9 cm³/mol. The number of carbonyl (C=O) groups is 1. The number of hydrogen-bond acceptors (Lipinski definition) is 5. The van der Waals surface area contributed by atoms with Crippen molar-refractivity contribution in [3.63, 3.8) is 0 Å². The Labute approximate surface area is 160 Å². The topological polar surface area (TPSA) is 84.9 Å². The van der Waals surface area contributed by atoms with Gasteiger partial charge in [0.15, 0.2) is 23.1 Å². The summed E-state index contributed by atoms with van der Waals surface area (Å²) in [6.07, 6.45) is 0.421. The van der Waals surface area contributed by atoms with E-state index >= 15 is 0 Å². The molecule has 0 fully saturated rings. The molecule has 1 atom stereocenters. The first-order valence-corrected chi connectivity index (χ1v) is 10.2. The lowest BCUT2D eigenvalue weighted by atomic mass is 10.2. The van der Waals surface area contributed by atoms with Crippen LogP contribution in [0.1, 0.15) is 0 Å². The molecule has 0 aliphatic carbocycles. The van der Waals surface area contributed by atoms with Crippen molar-refractivity contribution in [3.05, 3.63) is 54.1 Å². The standard InChI is InChI=1S/C18H18F2N2O5S/c1-28(24,25)22(12-6-7-14(19)15(20)8-12)10-18(23)21-9-13-11-26-16-4-2-3-5-17(16)27-13/h2-8,13H,9-11H2,1H3,(H,21,23)/t13-/m1/s1. The molecule has 0 aromatic heterocycles. The van der Waals surface area contributed by atoms with E-state index in [1.807, 2.05) is 6.07 Å². The minimum Gasteiger partial charge on any atom is -0.486 e. The number of carbonyl (C=O) groups excluding carboxylic acids is 1. The highest BCUT2D eigenvalue weighted by molar-refractivity contribution is 7.92. The number of anilines is 1. The quantitative estimate of drug-likeness (QED) is 0.781. The molecule has 10 heteroatoms. The van der Waals surface area contributed by atoms with E-state index in [1.54, 1.807) is 18.2 Å². The fourth-order valence-electron chi connectivity index (χ4n) is 2.62. The van der Waals surface area contributed by atoms with Gasteiger partial charge in [-0.15, -0.1) is 0 Å². The number of ether oxygens (including phenoxy) is 2. The van der Waals surface area contributed by atoms with Gasteiger partial charge in [0.2, 0.25) is 15.9 Å². The van der Waals surface area contributed by atoms with E-state index in [9.17, 15) is 22.0 Å². The van der Waals surface area contributed by atoms with Crippen LogP contribution in [0.3, 0.4) is 0 Å². The molecule has 0 unspecified atom stereocenters. The third-order valence-corrected chi connectivity index (χ3v) is 5.11. The zero-order valence-corrected chi connectivity index (χ0v) is 15.7. The number of amides is 1. The summed E-state index contributed by atoms with van der Waals surface area (Å²) in [7, 11) is -3.90. The summed E-state index contributed by atoms with van der Waals surface area (Å²) in [6, 6.07) is 9.69. The fourth-order valence-corrected chi connectivity index (χ4v) is 3.47. The van der Waals surface area contributed by atoms with Gasteiger partial charge in [0.25, 0.3) is 0 Å². The molecule has 0 spiro atoms. The summed E-state index contributed by atoms with van der Waals surface area (Å²) < 4.78 is 62.5. The minimum atomic E-state index is -3.90. The van der Waals surface area contributed by atoms with E-state index < -0.39 is 40.2 Å². The minimum absolute atomic E-state index is 0.0859. The van der Waals surface area contributed by atoms with E-state index in [2.05, 4.69) is 5.32 Å². The summed E-state index contributed by atoms with van der Waals surface area (Å²) in [5.74, 6) is -1.80. The predicted octanol–water partition coefficient (Wildman–Crippen LogP) is 1.69. The highest BCUT2D eigenvalue weighted by Crippen LogP contribution is 2.30. The molecule has 150 valence electrons. The smallest absolute Gasteiger partial charge is 0.240 e. The number of nitrogens with one attached hydrogen (secondary N) is 1. The van der Waals surface area contributed by atoms with Crippen LogP contribution in [-0.4, -0.2) is 46.4 Å². The maximum Gasteiger partial charge on any atom is 0.240 e. The Kier molecular flexibility index (Phi) is 5.68. The molecular formula is C18H18F2N2O5S. The first kappa shape index (κ1) is 19.9. The number of nitrogens with zero attached hydrogens (tertiary/aromatic N) is 1. The Morgan fingerprint density at radius 1 is 1.18 bits per heavy atom. The monoisotopic (exact) mass is 412 g/mol. The van der Waals surface area contributed by atoms with Crippen molar-refractivity contribution in [1.82, 2.24) is 5.32 Å². The highest BCUT2D eigenvalue weighted by Gasteiger charge is 2.24. The molecule has 0 radical (unpaired) electrons. The molecule has 2 aromatic carbocycles. The lowest BCUT2D eigenvalue weighted by Gasteiger charge is -2.27. The molecule has 0 saturated heterocycles. The average Bonchev–Trinajstić information content (AvgIpc) is 2.65. The average molecular weight is 412 g/mol. The van der Waals surface area contributed by atoms with Gasteiger partial charge < -0.3 is 14.8 Å². The summed E-state index contributed by atoms with van der Waals surface area (Å²) in [4.78, 5) is 12.2. The van der Waals surface area contributed by atoms with Gasteiger partial charge in [0, 0.05) is 6.07 Å². The Bertz CT molecular complexity index is 984. The van der Waals surface area contributed by atoms with Gasteiger partial charge >= 0.3 is 0 Å². The van der Waals surface area contributed by atoms with Crippen LogP contribution in [0.15, 0.2) is 42.5 Å². The first-order valence-electron chi connectivity index (χ1n) is 8.32. The second kappa shape index (κ2) is 8.01. The molecule has 1 N–H and O–H groups in total. The third-order valence-electron chi connectivity index (χ3n) is 3.97. The van der Waals surface area contributed by atoms with Crippen molar-refractivity contribution in [2.75, 3.05) is 30.3 Å². The molecule has 0 saturated carbocycles. The van der Waals surface area contributed by atoms with Gasteiger partial charge in [0.05, 0.1) is 18.5 Å². The van der Waals surface area contributed by atoms with Gasteiger partial charge in [-0.2, -0.15) is 0 Å². The molecule has 1 heterocycles. The number of fused-ring (bicyclic) bond motifs is 1. The molecule has 0 bridgehead atoms. The number of hydrogen-bond donors (Lipinski definition) is 1. The Morgan fingerprint density at radius 3 is 2.57 bits per heavy atom. The van der Waals surface area contributed by atoms with Gasteiger partial charge in [0.1, 0.15) is 19.3 Å². The van der Waals surface area contributed by atoms with Crippen molar-refractivity contribution < 1.29 is 31.5 Å². The van der Waals surface area contributed by atoms with Crippen LogP contribution >= 0.6 is 0 Å². The maximum absolute atomic E-state index is 13.4. The van der Waals surface area contributed by atoms with Crippen molar-refractivity contribution in [3.8, 4) is 11.5 Å². The molecule has 28 heavy (non-hydrogen) atoms. The highest BCUT2D eigenvalue weighted by atomic mass is 32.2. The normalized spacial score (nSPS) is 15.8. The molecule has 1 amide bonds. The van der Waals surface area contributed by atoms with Crippen LogP contribution in [0.4, 0.5) is 14.5 Å². The lowest BCUT2D eigenvalue weighted by molar-refractivity contribution is -0.120. The van der Waals surface area contributed by atoms with Crippen molar-refractivity contribution in [1.29, 1.82) is 0 Å². The van der Waals surface area contributed by atoms with Crippen LogP contribution in [0.25, 0.3) is 0 Å². The SMILES string of the molecule is CS(=O)(=O)N(CC(=O)NC[C@@H]1COc2ccccc2O1)c1ccc(F)c(F)c1. The fraction of sp³-hybridized carbons (Fsp3) is 0.278. The van der Waals surface area contributed by atoms with Gasteiger partial charge in [-0.1, -0.05) is 12.1 Å². The number of halogens is 2. The first-order chi connectivity index (χ1) is 13.2. The van der Waals surface area contributed by atoms with Crippen LogP contribution in [0.2, 0.25) is 0 Å². The second-order valence-electron chi connectivity index (χ2n) is 6.17. The largest absolute Gasteiger partial charge is 0.486 e. The molecule has 7 nitrogen and oxygen atoms in total. The summed E-state index contributed by atoms with van der Waals surface area (Å²) in [6.45, 7) is -0.285. The number of rotatable bonds is 6. The van der Waals surface area contributed by atoms with Crippen LogP contribution in [-0.2, 0) is 14.8 Å². The van der Waals surface area contributed by atoms with Gasteiger partial charge in [-0.3, -0.25) is 9.10 Å². The lowest BCUT2D eigenvalue weighted by Crippen LogP contribution is -2.45. The van der Waals surface area contributed by atoms with Crippen molar-refractivity contribution in [2.45, 2.75) is 6.10 Å². The zero-order chi connectivity index (χ0) is 20.3. The Balaban J connectivity index is 1.62. The molecule has 3 rings (SSSR count). The van der Waals surface area contributed by atoms with Crippen LogP contribution in [0.5, 0.6) is 11.5 Å². The maximum atomic E-state index is 13.4. The molecule has 1 aliphatic rings. The molecule has 2 aromatic rings. The van der Waals surface area contributed by atoms with E-state index in [0.29, 0.717) is 15.8 Å². The van der Waals surface area contributed by atoms with E-state index in [-0.39, 0.29) is 18.8 Å². The molecule has 1 aliphatic heterocycles. The van der Waals surface area contributed by atoms with E-state index in [4.69, 9.17) is 9.47 Å². The van der Waals surface area contributed by atoms with Crippen molar-refractivity contribution >= 4 is 21.6 Å². The van der Waals surface area contributed by atoms with E-state index in [1.165, 1.54) is 0 Å². The molecular weight excluding hydrogens is 394 g/mol. The van der Waals surface area contributed by atoms with E-state index in [0.717, 1.165) is 24.5 Å². The third kappa shape index (κ3) is 4.69. The second-order valence-corrected chi connectivity index (χ2v) is 8.08. The number of sulfonamides is 1. The Hall–Kier alpha value is -2.88. The summed E-state index contributed by atoms with van der Waals surface area (Å²) >= 11 is 0. The van der Waals surface area contributed by atoms with Crippen LogP contribution in [0, 0.1) is 11.6 Å². The number of para-hydroxylation sites is 2. The Morgan fingerprint density at radius 2 is 1.89 bits per heavy atom. The number of benzene rings is 2. The van der Waals surface area contributed by atoms with Crippen LogP contribution < -0.4 is 19.1 Å². The summed E-state index contributed by atoms with van der Waals surface area (Å²) in [5.41, 5.74) is -0.150.